The third kappa shape index (κ3) is 2.80. The molecule has 0 aromatic carbocycles. The molecule has 0 N–H and O–H groups in total. The first-order chi connectivity index (χ1) is 7.60. The highest BCUT2D eigenvalue weighted by atomic mass is 32.1. The second kappa shape index (κ2) is 5.61. The second-order valence-corrected chi connectivity index (χ2v) is 4.50. The van der Waals surface area contributed by atoms with Crippen molar-refractivity contribution in [2.45, 2.75) is 20.8 Å². The largest absolute Gasteiger partial charge is 0.337 e. The minimum Gasteiger partial charge on any atom is -0.337 e. The van der Waals surface area contributed by atoms with Gasteiger partial charge in [-0.05, 0) is 20.8 Å². The van der Waals surface area contributed by atoms with Crippen LogP contribution in [0.5, 0.6) is 0 Å². The Hall–Kier alpha value is -1.41. The van der Waals surface area contributed by atoms with Gasteiger partial charge in [-0.1, -0.05) is 0 Å². The molecule has 0 bridgehead atoms. The van der Waals surface area contributed by atoms with Crippen LogP contribution in [0.4, 0.5) is 0 Å². The number of nitrogens with zero attached hydrogens (tertiary/aromatic N) is 3. The maximum atomic E-state index is 12.1. The van der Waals surface area contributed by atoms with Gasteiger partial charge in [-0.2, -0.15) is 5.26 Å². The molecule has 1 aromatic heterocycles. The molecule has 5 heteroatoms. The topological polar surface area (TPSA) is 57.0 Å². The minimum atomic E-state index is -0.142. The van der Waals surface area contributed by atoms with Crippen LogP contribution < -0.4 is 0 Å². The van der Waals surface area contributed by atoms with E-state index >= 15 is 0 Å². The second-order valence-electron chi connectivity index (χ2n) is 3.64. The van der Waals surface area contributed by atoms with Gasteiger partial charge in [-0.25, -0.2) is 4.98 Å². The summed E-state index contributed by atoms with van der Waals surface area (Å²) in [5.41, 5.74) is 2.43. The lowest BCUT2D eigenvalue weighted by atomic mass is 10.2. The fraction of sp³-hybridized carbons (Fsp3) is 0.545. The quantitative estimate of drug-likeness (QED) is 0.805. The van der Waals surface area contributed by atoms with Crippen LogP contribution in [0.1, 0.15) is 29.2 Å². The molecule has 0 spiro atoms. The standard InChI is InChI=1S/C11H15N3OS/c1-4-14(6-8(2)5-12)11(15)10-9(3)13-7-16-10/h7-8H,4,6H2,1-3H3. The number of carbonyl (C=O) groups excluding carboxylic acids is 1. The number of rotatable bonds is 4. The van der Waals surface area contributed by atoms with Gasteiger partial charge < -0.3 is 4.90 Å². The summed E-state index contributed by atoms with van der Waals surface area (Å²) in [7, 11) is 0. The van der Waals surface area contributed by atoms with Crippen LogP contribution in [0.2, 0.25) is 0 Å². The van der Waals surface area contributed by atoms with Crippen molar-refractivity contribution in [1.82, 2.24) is 9.88 Å². The smallest absolute Gasteiger partial charge is 0.265 e. The molecule has 0 saturated heterocycles. The zero-order valence-corrected chi connectivity index (χ0v) is 10.5. The number of carbonyl (C=O) groups is 1. The zero-order chi connectivity index (χ0) is 12.1. The number of aryl methyl sites for hydroxylation is 1. The van der Waals surface area contributed by atoms with E-state index < -0.39 is 0 Å². The molecule has 0 aliphatic carbocycles. The molecule has 1 rings (SSSR count). The lowest BCUT2D eigenvalue weighted by molar-refractivity contribution is 0.0756. The third-order valence-electron chi connectivity index (χ3n) is 2.32. The van der Waals surface area contributed by atoms with E-state index in [2.05, 4.69) is 11.1 Å². The van der Waals surface area contributed by atoms with Crippen molar-refractivity contribution < 1.29 is 4.79 Å². The molecular weight excluding hydrogens is 222 g/mol. The Labute approximate surface area is 99.5 Å². The van der Waals surface area contributed by atoms with Crippen LogP contribution in [0, 0.1) is 24.2 Å². The molecule has 0 aliphatic rings. The van der Waals surface area contributed by atoms with Crippen molar-refractivity contribution >= 4 is 17.2 Å². The normalized spacial score (nSPS) is 11.9. The zero-order valence-electron chi connectivity index (χ0n) is 9.73. The summed E-state index contributed by atoms with van der Waals surface area (Å²) in [5, 5.41) is 8.75. The predicted molar refractivity (Wildman–Crippen MR) is 63.2 cm³/mol. The van der Waals surface area contributed by atoms with Crippen molar-refractivity contribution in [3.05, 3.63) is 16.1 Å². The molecule has 1 amide bonds. The highest BCUT2D eigenvalue weighted by Gasteiger charge is 2.19. The van der Waals surface area contributed by atoms with E-state index in [0.29, 0.717) is 18.0 Å². The van der Waals surface area contributed by atoms with Crippen molar-refractivity contribution in [2.24, 2.45) is 5.92 Å². The molecule has 1 atom stereocenters. The molecular formula is C11H15N3OS. The Morgan fingerprint density at radius 2 is 2.44 bits per heavy atom. The molecule has 1 heterocycles. The Morgan fingerprint density at radius 3 is 2.88 bits per heavy atom. The highest BCUT2D eigenvalue weighted by Crippen LogP contribution is 2.15. The highest BCUT2D eigenvalue weighted by molar-refractivity contribution is 7.11. The molecule has 86 valence electrons. The lowest BCUT2D eigenvalue weighted by Crippen LogP contribution is -2.34. The molecule has 1 unspecified atom stereocenters. The summed E-state index contributed by atoms with van der Waals surface area (Å²) in [6.45, 7) is 6.64. The SMILES string of the molecule is CCN(CC(C)C#N)C(=O)c1scnc1C. The van der Waals surface area contributed by atoms with Gasteiger partial charge in [0.1, 0.15) is 4.88 Å². The van der Waals surface area contributed by atoms with Gasteiger partial charge in [0, 0.05) is 13.1 Å². The van der Waals surface area contributed by atoms with E-state index in [-0.39, 0.29) is 11.8 Å². The van der Waals surface area contributed by atoms with E-state index in [9.17, 15) is 4.79 Å². The first-order valence-corrected chi connectivity index (χ1v) is 6.07. The number of amides is 1. The number of nitriles is 1. The van der Waals surface area contributed by atoms with Gasteiger partial charge in [-0.15, -0.1) is 11.3 Å². The van der Waals surface area contributed by atoms with Gasteiger partial charge in [0.2, 0.25) is 0 Å². The van der Waals surface area contributed by atoms with Crippen LogP contribution in [0.15, 0.2) is 5.51 Å². The molecule has 1 aromatic rings. The van der Waals surface area contributed by atoms with Crippen LogP contribution in [0.3, 0.4) is 0 Å². The van der Waals surface area contributed by atoms with Crippen molar-refractivity contribution in [1.29, 1.82) is 5.26 Å². The van der Waals surface area contributed by atoms with E-state index in [0.717, 1.165) is 5.69 Å². The summed E-state index contributed by atoms with van der Waals surface area (Å²) in [6, 6.07) is 2.14. The van der Waals surface area contributed by atoms with Crippen molar-refractivity contribution in [3.63, 3.8) is 0 Å². The lowest BCUT2D eigenvalue weighted by Gasteiger charge is -2.21. The number of hydrogen-bond donors (Lipinski definition) is 0. The van der Waals surface area contributed by atoms with Gasteiger partial charge in [-0.3, -0.25) is 4.79 Å². The molecule has 0 fully saturated rings. The Bertz CT molecular complexity index is 408. The van der Waals surface area contributed by atoms with Crippen LogP contribution in [-0.4, -0.2) is 28.9 Å². The van der Waals surface area contributed by atoms with Gasteiger partial charge in [0.15, 0.2) is 0 Å². The number of aromatic nitrogens is 1. The molecule has 4 nitrogen and oxygen atoms in total. The molecule has 16 heavy (non-hydrogen) atoms. The summed E-state index contributed by atoms with van der Waals surface area (Å²) in [5.74, 6) is -0.165. The van der Waals surface area contributed by atoms with E-state index in [1.165, 1.54) is 11.3 Å². The number of thiazole rings is 1. The first kappa shape index (κ1) is 12.7. The average molecular weight is 237 g/mol. The average Bonchev–Trinajstić information content (AvgIpc) is 2.71. The monoisotopic (exact) mass is 237 g/mol. The summed E-state index contributed by atoms with van der Waals surface area (Å²) >= 11 is 1.35. The summed E-state index contributed by atoms with van der Waals surface area (Å²) < 4.78 is 0. The van der Waals surface area contributed by atoms with Crippen LogP contribution >= 0.6 is 11.3 Å². The Morgan fingerprint density at radius 1 is 1.75 bits per heavy atom. The number of hydrogen-bond acceptors (Lipinski definition) is 4. The third-order valence-corrected chi connectivity index (χ3v) is 3.24. The maximum Gasteiger partial charge on any atom is 0.265 e. The van der Waals surface area contributed by atoms with E-state index in [1.807, 2.05) is 20.8 Å². The van der Waals surface area contributed by atoms with Gasteiger partial charge in [0.25, 0.3) is 5.91 Å². The van der Waals surface area contributed by atoms with Crippen LogP contribution in [-0.2, 0) is 0 Å². The molecule has 0 radical (unpaired) electrons. The van der Waals surface area contributed by atoms with E-state index in [4.69, 9.17) is 5.26 Å². The maximum absolute atomic E-state index is 12.1. The first-order valence-electron chi connectivity index (χ1n) is 5.19. The summed E-state index contributed by atoms with van der Waals surface area (Å²) in [4.78, 5) is 18.5. The molecule has 0 aliphatic heterocycles. The van der Waals surface area contributed by atoms with Crippen molar-refractivity contribution in [2.75, 3.05) is 13.1 Å². The Kier molecular flexibility index (Phi) is 4.44. The van der Waals surface area contributed by atoms with Crippen molar-refractivity contribution in [3.8, 4) is 6.07 Å². The summed E-state index contributed by atoms with van der Waals surface area (Å²) in [6.07, 6.45) is 0. The minimum absolute atomic E-state index is 0.0235. The Balaban J connectivity index is 2.79. The predicted octanol–water partition coefficient (Wildman–Crippen LogP) is 2.07. The van der Waals surface area contributed by atoms with Crippen LogP contribution in [0.25, 0.3) is 0 Å². The fourth-order valence-electron chi connectivity index (χ4n) is 1.38. The van der Waals surface area contributed by atoms with Gasteiger partial charge in [0.05, 0.1) is 23.2 Å². The van der Waals surface area contributed by atoms with Gasteiger partial charge >= 0.3 is 0 Å². The molecule has 0 saturated carbocycles. The van der Waals surface area contributed by atoms with E-state index in [1.54, 1.807) is 10.4 Å². The fourth-order valence-corrected chi connectivity index (χ4v) is 2.15.